The number of rotatable bonds is 6. The lowest BCUT2D eigenvalue weighted by molar-refractivity contribution is -0.123. The molecular formula is C20H14BrCl2N3O3S2. The molecule has 1 aliphatic rings. The molecule has 11 heteroatoms. The minimum Gasteiger partial charge on any atom is -0.489 e. The van der Waals surface area contributed by atoms with Crippen molar-refractivity contribution in [2.24, 2.45) is 0 Å². The fraction of sp³-hybridized carbons (Fsp3) is 0.0500. The lowest BCUT2D eigenvalue weighted by atomic mass is 10.2. The summed E-state index contributed by atoms with van der Waals surface area (Å²) in [7, 11) is 0. The predicted molar refractivity (Wildman–Crippen MR) is 133 cm³/mol. The quantitative estimate of drug-likeness (QED) is 0.249. The van der Waals surface area contributed by atoms with Crippen LogP contribution in [0.5, 0.6) is 5.75 Å². The maximum Gasteiger partial charge on any atom is 0.338 e. The maximum atomic E-state index is 12.8. The fourth-order valence-electron chi connectivity index (χ4n) is 2.45. The number of benzene rings is 2. The van der Waals surface area contributed by atoms with Gasteiger partial charge in [-0.05, 0) is 54.7 Å². The molecular weight excluding hydrogens is 545 g/mol. The first-order chi connectivity index (χ1) is 14.8. The number of nitrogens with one attached hydrogen (secondary N) is 2. The second kappa shape index (κ2) is 10.5. The Morgan fingerprint density at radius 1 is 1.26 bits per heavy atom. The van der Waals surface area contributed by atoms with Crippen molar-refractivity contribution in [3.8, 4) is 5.75 Å². The molecule has 160 valence electrons. The van der Waals surface area contributed by atoms with Gasteiger partial charge in [-0.3, -0.25) is 4.79 Å². The summed E-state index contributed by atoms with van der Waals surface area (Å²) in [5.74, 6) is 0.118. The normalized spacial score (nSPS) is 14.7. The molecule has 0 aromatic heterocycles. The van der Waals surface area contributed by atoms with E-state index in [4.69, 9.17) is 40.2 Å². The van der Waals surface area contributed by atoms with Crippen molar-refractivity contribution in [3.63, 3.8) is 0 Å². The van der Waals surface area contributed by atoms with E-state index in [1.165, 1.54) is 6.07 Å². The van der Waals surface area contributed by atoms with E-state index in [1.807, 2.05) is 12.1 Å². The van der Waals surface area contributed by atoms with Crippen molar-refractivity contribution < 1.29 is 14.3 Å². The van der Waals surface area contributed by atoms with Gasteiger partial charge in [0.1, 0.15) is 12.4 Å². The summed E-state index contributed by atoms with van der Waals surface area (Å²) in [4.78, 5) is 25.5. The molecule has 2 N–H and O–H groups in total. The number of amides is 3. The highest BCUT2D eigenvalue weighted by molar-refractivity contribution is 9.10. The third kappa shape index (κ3) is 6.02. The van der Waals surface area contributed by atoms with Gasteiger partial charge in [0, 0.05) is 15.7 Å². The highest BCUT2D eigenvalue weighted by Gasteiger charge is 2.34. The van der Waals surface area contributed by atoms with E-state index in [1.54, 1.807) is 30.4 Å². The number of nitrogens with zero attached hydrogens (tertiary/aromatic N) is 1. The standard InChI is InChI=1S/C20H14BrCl2N3O3S2/c1-2-7-29-16-6-3-12(21)8-11(16)9-17-18(27)26(20(30)31-17)25-19(28)24-13-4-5-14(22)15(23)10-13/h2-6,8-10H,1,7H2,(H2,24,25,28)/b17-9+. The van der Waals surface area contributed by atoms with E-state index in [-0.39, 0.29) is 9.34 Å². The van der Waals surface area contributed by atoms with Crippen LogP contribution in [0.1, 0.15) is 5.56 Å². The van der Waals surface area contributed by atoms with Gasteiger partial charge >= 0.3 is 6.03 Å². The van der Waals surface area contributed by atoms with Crippen LogP contribution in [-0.2, 0) is 4.79 Å². The summed E-state index contributed by atoms with van der Waals surface area (Å²) >= 11 is 21.5. The number of carbonyl (C=O) groups excluding carboxylic acids is 2. The molecule has 1 heterocycles. The van der Waals surface area contributed by atoms with Gasteiger partial charge in [0.15, 0.2) is 4.32 Å². The molecule has 0 radical (unpaired) electrons. The second-order valence-electron chi connectivity index (χ2n) is 5.99. The zero-order chi connectivity index (χ0) is 22.5. The zero-order valence-electron chi connectivity index (χ0n) is 15.7. The number of ether oxygens (including phenoxy) is 1. The van der Waals surface area contributed by atoms with Gasteiger partial charge in [0.2, 0.25) is 0 Å². The van der Waals surface area contributed by atoms with Crippen molar-refractivity contribution in [2.45, 2.75) is 0 Å². The van der Waals surface area contributed by atoms with Crippen LogP contribution < -0.4 is 15.5 Å². The van der Waals surface area contributed by atoms with Crippen LogP contribution in [0.25, 0.3) is 6.08 Å². The Balaban J connectivity index is 1.75. The summed E-state index contributed by atoms with van der Waals surface area (Å²) in [6.07, 6.45) is 3.28. The first kappa shape index (κ1) is 23.6. The number of hydrogen-bond acceptors (Lipinski definition) is 5. The number of carbonyl (C=O) groups is 2. The first-order valence-corrected chi connectivity index (χ1v) is 11.4. The number of anilines is 1. The topological polar surface area (TPSA) is 70.7 Å². The molecule has 0 spiro atoms. The van der Waals surface area contributed by atoms with Crippen LogP contribution in [-0.4, -0.2) is 27.9 Å². The highest BCUT2D eigenvalue weighted by Crippen LogP contribution is 2.34. The molecule has 1 fully saturated rings. The predicted octanol–water partition coefficient (Wildman–Crippen LogP) is 6.26. The second-order valence-corrected chi connectivity index (χ2v) is 9.40. The number of thiocarbonyl (C=S) groups is 1. The summed E-state index contributed by atoms with van der Waals surface area (Å²) in [6, 6.07) is 9.38. The average Bonchev–Trinajstić information content (AvgIpc) is 2.97. The van der Waals surface area contributed by atoms with E-state index in [9.17, 15) is 9.59 Å². The molecule has 3 amide bonds. The Labute approximate surface area is 206 Å². The Bertz CT molecular complexity index is 1110. The van der Waals surface area contributed by atoms with Crippen molar-refractivity contribution in [1.82, 2.24) is 10.4 Å². The summed E-state index contributed by atoms with van der Waals surface area (Å²) in [5.41, 5.74) is 3.52. The Kier molecular flexibility index (Phi) is 8.01. The number of hydrogen-bond donors (Lipinski definition) is 2. The summed E-state index contributed by atoms with van der Waals surface area (Å²) < 4.78 is 6.64. The minimum atomic E-state index is -0.659. The number of halogens is 3. The Hall–Kier alpha value is -2.04. The Morgan fingerprint density at radius 3 is 2.74 bits per heavy atom. The zero-order valence-corrected chi connectivity index (χ0v) is 20.4. The molecule has 6 nitrogen and oxygen atoms in total. The molecule has 31 heavy (non-hydrogen) atoms. The highest BCUT2D eigenvalue weighted by atomic mass is 79.9. The first-order valence-electron chi connectivity index (χ1n) is 8.62. The van der Waals surface area contributed by atoms with E-state index >= 15 is 0 Å². The molecule has 0 unspecified atom stereocenters. The van der Waals surface area contributed by atoms with Gasteiger partial charge < -0.3 is 10.1 Å². The van der Waals surface area contributed by atoms with Crippen LogP contribution in [0.4, 0.5) is 10.5 Å². The number of thioether (sulfide) groups is 1. The van der Waals surface area contributed by atoms with Crippen molar-refractivity contribution in [3.05, 3.63) is 74.0 Å². The van der Waals surface area contributed by atoms with Crippen LogP contribution >= 0.6 is 63.1 Å². The van der Waals surface area contributed by atoms with Gasteiger partial charge in [-0.25, -0.2) is 10.2 Å². The largest absolute Gasteiger partial charge is 0.489 e. The van der Waals surface area contributed by atoms with Gasteiger partial charge in [0.25, 0.3) is 5.91 Å². The molecule has 0 saturated carbocycles. The summed E-state index contributed by atoms with van der Waals surface area (Å²) in [6.45, 7) is 3.95. The molecule has 1 saturated heterocycles. The third-order valence-corrected chi connectivity index (χ3v) is 6.33. The van der Waals surface area contributed by atoms with E-state index in [0.717, 1.165) is 21.2 Å². The SMILES string of the molecule is C=CCOc1ccc(Br)cc1/C=C1/SC(=S)N(NC(=O)Nc2ccc(Cl)c(Cl)c2)C1=O. The fourth-order valence-corrected chi connectivity index (χ4v) is 4.30. The number of urea groups is 1. The van der Waals surface area contributed by atoms with Crippen LogP contribution in [0.2, 0.25) is 10.0 Å². The van der Waals surface area contributed by atoms with E-state index < -0.39 is 11.9 Å². The van der Waals surface area contributed by atoms with E-state index in [0.29, 0.717) is 33.5 Å². The van der Waals surface area contributed by atoms with Crippen LogP contribution in [0.3, 0.4) is 0 Å². The van der Waals surface area contributed by atoms with Crippen LogP contribution in [0.15, 0.2) is 58.4 Å². The van der Waals surface area contributed by atoms with Crippen molar-refractivity contribution >= 4 is 91.1 Å². The van der Waals surface area contributed by atoms with Crippen LogP contribution in [0, 0.1) is 0 Å². The number of hydrazine groups is 1. The lowest BCUT2D eigenvalue weighted by Gasteiger charge is -2.16. The molecule has 0 bridgehead atoms. The minimum absolute atomic E-state index is 0.184. The Morgan fingerprint density at radius 2 is 2.03 bits per heavy atom. The van der Waals surface area contributed by atoms with Crippen molar-refractivity contribution in [2.75, 3.05) is 11.9 Å². The molecule has 3 rings (SSSR count). The van der Waals surface area contributed by atoms with E-state index in [2.05, 4.69) is 33.3 Å². The smallest absolute Gasteiger partial charge is 0.338 e. The van der Waals surface area contributed by atoms with Gasteiger partial charge in [0.05, 0.1) is 15.0 Å². The molecule has 1 aliphatic heterocycles. The monoisotopic (exact) mass is 557 g/mol. The van der Waals surface area contributed by atoms with Crippen molar-refractivity contribution in [1.29, 1.82) is 0 Å². The summed E-state index contributed by atoms with van der Waals surface area (Å²) in [5, 5.41) is 4.22. The average molecular weight is 559 g/mol. The molecule has 0 aliphatic carbocycles. The maximum absolute atomic E-state index is 12.8. The van der Waals surface area contributed by atoms with Gasteiger partial charge in [-0.2, -0.15) is 5.01 Å². The van der Waals surface area contributed by atoms with Gasteiger partial charge in [-0.1, -0.05) is 63.5 Å². The molecule has 0 atom stereocenters. The third-order valence-electron chi connectivity index (χ3n) is 3.80. The molecule has 2 aromatic carbocycles. The lowest BCUT2D eigenvalue weighted by Crippen LogP contribution is -2.46. The molecule has 2 aromatic rings. The van der Waals surface area contributed by atoms with Gasteiger partial charge in [-0.15, -0.1) is 0 Å².